The van der Waals surface area contributed by atoms with Gasteiger partial charge in [-0.3, -0.25) is 10.2 Å². The highest BCUT2D eigenvalue weighted by Crippen LogP contribution is 2.13. The van der Waals surface area contributed by atoms with Gasteiger partial charge in [-0.05, 0) is 19.3 Å². The van der Waals surface area contributed by atoms with Gasteiger partial charge in [-0.1, -0.05) is 71.1 Å². The molecule has 8 nitrogen and oxygen atoms in total. The predicted molar refractivity (Wildman–Crippen MR) is 124 cm³/mol. The third-order valence-corrected chi connectivity index (χ3v) is 5.15. The number of nitrogens with one attached hydrogen (secondary N) is 3. The summed E-state index contributed by atoms with van der Waals surface area (Å²) in [4.78, 5) is 11.3. The van der Waals surface area contributed by atoms with Gasteiger partial charge in [0.05, 0.1) is 12.2 Å². The first-order valence-electron chi connectivity index (χ1n) is 11.3. The van der Waals surface area contributed by atoms with Crippen LogP contribution in [0.5, 0.6) is 0 Å². The molecule has 8 N–H and O–H groups in total. The molecule has 3 atom stereocenters. The second kappa shape index (κ2) is 21.2. The highest BCUT2D eigenvalue weighted by molar-refractivity contribution is 5.85. The van der Waals surface area contributed by atoms with Crippen LogP contribution in [0.1, 0.15) is 90.4 Å². The number of halogens is 1. The summed E-state index contributed by atoms with van der Waals surface area (Å²) in [6.45, 7) is 2.68. The van der Waals surface area contributed by atoms with Gasteiger partial charge >= 0.3 is 5.97 Å². The number of aliphatic hydroxyl groups is 2. The fourth-order valence-corrected chi connectivity index (χ4v) is 3.27. The third kappa shape index (κ3) is 18.9. The van der Waals surface area contributed by atoms with Crippen molar-refractivity contribution < 1.29 is 20.1 Å². The molecule has 30 heavy (non-hydrogen) atoms. The van der Waals surface area contributed by atoms with Crippen molar-refractivity contribution in [1.82, 2.24) is 10.6 Å². The van der Waals surface area contributed by atoms with Gasteiger partial charge in [0.2, 0.25) is 0 Å². The van der Waals surface area contributed by atoms with E-state index in [-0.39, 0.29) is 24.9 Å². The molecule has 0 heterocycles. The van der Waals surface area contributed by atoms with E-state index in [9.17, 15) is 20.1 Å². The van der Waals surface area contributed by atoms with E-state index in [1.165, 1.54) is 44.9 Å². The lowest BCUT2D eigenvalue weighted by Crippen LogP contribution is -2.44. The quantitative estimate of drug-likeness (QED) is 0.0851. The Morgan fingerprint density at radius 1 is 0.900 bits per heavy atom. The summed E-state index contributed by atoms with van der Waals surface area (Å²) in [7, 11) is 0. The number of unbranched alkanes of at least 4 members (excludes halogenated alkanes) is 9. The number of carboxylic acids is 1. The largest absolute Gasteiger partial charge is 0.480 e. The van der Waals surface area contributed by atoms with Crippen LogP contribution in [0.15, 0.2) is 0 Å². The number of aliphatic carboxylic acids is 1. The zero-order valence-electron chi connectivity index (χ0n) is 18.6. The van der Waals surface area contributed by atoms with Crippen LogP contribution in [0.4, 0.5) is 0 Å². The zero-order valence-corrected chi connectivity index (χ0v) is 19.4. The van der Waals surface area contributed by atoms with Crippen molar-refractivity contribution in [1.29, 1.82) is 5.41 Å². The van der Waals surface area contributed by atoms with Gasteiger partial charge in [0.15, 0.2) is 5.96 Å². The molecule has 0 aliphatic carbocycles. The molecule has 9 heteroatoms. The molecule has 0 spiro atoms. The smallest absolute Gasteiger partial charge is 0.320 e. The van der Waals surface area contributed by atoms with E-state index in [4.69, 9.17) is 11.1 Å². The van der Waals surface area contributed by atoms with E-state index >= 15 is 0 Å². The molecule has 0 aromatic carbocycles. The number of rotatable bonds is 20. The molecule has 180 valence electrons. The standard InChI is InChI=1S/C21H44N4O4.ClH/c1-2-3-4-5-6-7-8-9-10-11-14-18(26)19(27)16-25-17(20(28)29)13-12-15-24-21(22)23;/h17-19,25-27H,2-16H2,1H3,(H,28,29)(H4,22,23,24);1H. The molecule has 0 aliphatic rings. The number of hydrogen-bond donors (Lipinski definition) is 7. The van der Waals surface area contributed by atoms with Crippen LogP contribution >= 0.6 is 12.4 Å². The highest BCUT2D eigenvalue weighted by atomic mass is 35.5. The summed E-state index contributed by atoms with van der Waals surface area (Å²) in [5.41, 5.74) is 5.18. The van der Waals surface area contributed by atoms with Gasteiger partial charge in [-0.15, -0.1) is 12.4 Å². The SMILES string of the molecule is CCCCCCCCCCCCC(O)C(O)CNC(CCCNC(=N)N)C(=O)O.Cl. The van der Waals surface area contributed by atoms with Gasteiger partial charge in [0.1, 0.15) is 6.04 Å². The van der Waals surface area contributed by atoms with Gasteiger partial charge in [-0.2, -0.15) is 0 Å². The summed E-state index contributed by atoms with van der Waals surface area (Å²) in [5, 5.41) is 41.9. The van der Waals surface area contributed by atoms with E-state index < -0.39 is 24.2 Å². The van der Waals surface area contributed by atoms with Crippen molar-refractivity contribution in [2.45, 2.75) is 109 Å². The van der Waals surface area contributed by atoms with Gasteiger partial charge in [0.25, 0.3) is 0 Å². The molecule has 0 aromatic heterocycles. The van der Waals surface area contributed by atoms with Crippen molar-refractivity contribution >= 4 is 24.3 Å². The van der Waals surface area contributed by atoms with Crippen LogP contribution in [0.2, 0.25) is 0 Å². The lowest BCUT2D eigenvalue weighted by Gasteiger charge is -2.21. The maximum Gasteiger partial charge on any atom is 0.320 e. The van der Waals surface area contributed by atoms with Crippen LogP contribution in [0.3, 0.4) is 0 Å². The topological polar surface area (TPSA) is 152 Å². The van der Waals surface area contributed by atoms with Crippen molar-refractivity contribution in [3.8, 4) is 0 Å². The maximum absolute atomic E-state index is 11.3. The molecule has 0 fully saturated rings. The van der Waals surface area contributed by atoms with Gasteiger partial charge in [0, 0.05) is 13.1 Å². The van der Waals surface area contributed by atoms with E-state index in [1.54, 1.807) is 0 Å². The monoisotopic (exact) mass is 452 g/mol. The summed E-state index contributed by atoms with van der Waals surface area (Å²) in [5.74, 6) is -1.14. The Balaban J connectivity index is 0. The van der Waals surface area contributed by atoms with Crippen molar-refractivity contribution in [3.05, 3.63) is 0 Å². The fraction of sp³-hybridized carbons (Fsp3) is 0.905. The van der Waals surface area contributed by atoms with Crippen LogP contribution in [0.25, 0.3) is 0 Å². The third-order valence-electron chi connectivity index (χ3n) is 5.15. The molecule has 0 saturated heterocycles. The van der Waals surface area contributed by atoms with Crippen LogP contribution in [-0.2, 0) is 4.79 Å². The first-order valence-corrected chi connectivity index (χ1v) is 11.3. The Morgan fingerprint density at radius 3 is 1.93 bits per heavy atom. The predicted octanol–water partition coefficient (Wildman–Crippen LogP) is 2.75. The first-order chi connectivity index (χ1) is 13.9. The molecule has 0 aliphatic heterocycles. The summed E-state index contributed by atoms with van der Waals surface area (Å²) < 4.78 is 0. The van der Waals surface area contributed by atoms with Gasteiger partial charge < -0.3 is 31.7 Å². The van der Waals surface area contributed by atoms with E-state index in [2.05, 4.69) is 17.6 Å². The number of guanidine groups is 1. The average Bonchev–Trinajstić information content (AvgIpc) is 2.67. The Labute approximate surface area is 188 Å². The summed E-state index contributed by atoms with van der Waals surface area (Å²) >= 11 is 0. The van der Waals surface area contributed by atoms with Crippen LogP contribution < -0.4 is 16.4 Å². The Hall–Kier alpha value is -1.09. The van der Waals surface area contributed by atoms with E-state index in [0.29, 0.717) is 25.8 Å². The second-order valence-electron chi connectivity index (χ2n) is 7.89. The number of nitrogens with two attached hydrogens (primary N) is 1. The minimum absolute atomic E-state index is 0. The second-order valence-corrected chi connectivity index (χ2v) is 7.89. The number of carboxylic acid groups (broad SMARTS) is 1. The Kier molecular flexibility index (Phi) is 21.9. The summed E-state index contributed by atoms with van der Waals surface area (Å²) in [6.07, 6.45) is 11.7. The zero-order chi connectivity index (χ0) is 21.9. The average molecular weight is 453 g/mol. The van der Waals surface area contributed by atoms with E-state index in [1.807, 2.05) is 0 Å². The summed E-state index contributed by atoms with van der Waals surface area (Å²) in [6, 6.07) is -0.803. The molecule has 0 rings (SSSR count). The fourth-order valence-electron chi connectivity index (χ4n) is 3.27. The molecule has 0 bridgehead atoms. The number of aliphatic hydroxyl groups excluding tert-OH is 2. The molecule has 0 amide bonds. The number of hydrogen-bond acceptors (Lipinski definition) is 5. The van der Waals surface area contributed by atoms with Crippen molar-refractivity contribution in [2.24, 2.45) is 5.73 Å². The molecule has 0 radical (unpaired) electrons. The Bertz CT molecular complexity index is 430. The molecular weight excluding hydrogens is 408 g/mol. The maximum atomic E-state index is 11.3. The number of carbonyl (C=O) groups is 1. The van der Waals surface area contributed by atoms with Crippen LogP contribution in [-0.4, -0.2) is 58.6 Å². The van der Waals surface area contributed by atoms with Crippen LogP contribution in [0, 0.1) is 5.41 Å². The lowest BCUT2D eigenvalue weighted by molar-refractivity contribution is -0.139. The minimum atomic E-state index is -0.996. The molecule has 3 unspecified atom stereocenters. The molecular formula is C21H45ClN4O4. The minimum Gasteiger partial charge on any atom is -0.480 e. The molecule has 0 aromatic rings. The lowest BCUT2D eigenvalue weighted by atomic mass is 10.0. The molecule has 0 saturated carbocycles. The van der Waals surface area contributed by atoms with E-state index in [0.717, 1.165) is 19.3 Å². The van der Waals surface area contributed by atoms with Gasteiger partial charge in [-0.25, -0.2) is 0 Å². The van der Waals surface area contributed by atoms with Crippen molar-refractivity contribution in [2.75, 3.05) is 13.1 Å². The highest BCUT2D eigenvalue weighted by Gasteiger charge is 2.21. The van der Waals surface area contributed by atoms with Crippen molar-refractivity contribution in [3.63, 3.8) is 0 Å². The first kappa shape index (κ1) is 31.1. The normalized spacial score (nSPS) is 13.8. The Morgan fingerprint density at radius 2 is 1.43 bits per heavy atom.